The molecule has 1 nitrogen and oxygen atoms in total. The zero-order chi connectivity index (χ0) is 14.1. The molecule has 0 saturated heterocycles. The van der Waals surface area contributed by atoms with E-state index in [4.69, 9.17) is 0 Å². The highest BCUT2D eigenvalue weighted by Gasteiger charge is 2.02. The fourth-order valence-electron chi connectivity index (χ4n) is 2.34. The van der Waals surface area contributed by atoms with Crippen molar-refractivity contribution in [1.29, 1.82) is 0 Å². The predicted molar refractivity (Wildman–Crippen MR) is 86.8 cm³/mol. The van der Waals surface area contributed by atoms with Crippen molar-refractivity contribution in [2.24, 2.45) is 11.8 Å². The van der Waals surface area contributed by atoms with Crippen LogP contribution in [0.15, 0.2) is 24.3 Å². The molecule has 0 atom stereocenters. The Hall–Kier alpha value is -0.980. The van der Waals surface area contributed by atoms with Gasteiger partial charge in [0.25, 0.3) is 0 Å². The number of aryl methyl sites for hydroxylation is 1. The summed E-state index contributed by atoms with van der Waals surface area (Å²) in [6, 6.07) is 8.78. The molecule has 0 amide bonds. The molecule has 1 rings (SSSR count). The summed E-state index contributed by atoms with van der Waals surface area (Å²) in [7, 11) is 0. The molecule has 0 radical (unpaired) electrons. The average molecular weight is 261 g/mol. The monoisotopic (exact) mass is 261 g/mol. The maximum Gasteiger partial charge on any atom is 0.0372 e. The molecule has 1 heteroatoms. The number of rotatable bonds is 9. The van der Waals surface area contributed by atoms with E-state index in [0.29, 0.717) is 0 Å². The minimum atomic E-state index is 0.808. The van der Waals surface area contributed by atoms with Gasteiger partial charge in [0, 0.05) is 12.2 Å². The highest BCUT2D eigenvalue weighted by molar-refractivity contribution is 5.51. The summed E-state index contributed by atoms with van der Waals surface area (Å²) in [5, 5.41) is 3.61. The summed E-state index contributed by atoms with van der Waals surface area (Å²) in [5.41, 5.74) is 2.82. The van der Waals surface area contributed by atoms with E-state index in [1.165, 1.54) is 43.4 Å². The number of hydrogen-bond donors (Lipinski definition) is 1. The number of benzene rings is 1. The largest absolute Gasteiger partial charge is 0.385 e. The molecule has 0 spiro atoms. The number of anilines is 1. The number of nitrogens with one attached hydrogen (secondary N) is 1. The van der Waals surface area contributed by atoms with E-state index in [9.17, 15) is 0 Å². The highest BCUT2D eigenvalue weighted by Crippen LogP contribution is 2.19. The van der Waals surface area contributed by atoms with E-state index in [1.807, 2.05) is 0 Å². The molecule has 0 aromatic heterocycles. The van der Waals surface area contributed by atoms with E-state index in [-0.39, 0.29) is 0 Å². The molecule has 1 aromatic carbocycles. The van der Waals surface area contributed by atoms with Gasteiger partial charge in [0.1, 0.15) is 0 Å². The maximum atomic E-state index is 3.61. The molecule has 0 saturated carbocycles. The van der Waals surface area contributed by atoms with Gasteiger partial charge in [0.2, 0.25) is 0 Å². The summed E-state index contributed by atoms with van der Waals surface area (Å²) in [4.78, 5) is 0. The third kappa shape index (κ3) is 7.25. The van der Waals surface area contributed by atoms with Crippen LogP contribution in [0.5, 0.6) is 0 Å². The molecular weight excluding hydrogens is 230 g/mol. The molecular formula is C18H31N. The van der Waals surface area contributed by atoms with Gasteiger partial charge in [-0.15, -0.1) is 0 Å². The van der Waals surface area contributed by atoms with Crippen LogP contribution in [0.3, 0.4) is 0 Å². The van der Waals surface area contributed by atoms with Gasteiger partial charge >= 0.3 is 0 Å². The molecule has 0 aliphatic heterocycles. The van der Waals surface area contributed by atoms with Crippen molar-refractivity contribution < 1.29 is 0 Å². The topological polar surface area (TPSA) is 12.0 Å². The zero-order valence-corrected chi connectivity index (χ0v) is 13.2. The lowest BCUT2D eigenvalue weighted by Crippen LogP contribution is -2.05. The molecule has 0 aliphatic rings. The quantitative estimate of drug-likeness (QED) is 0.578. The molecule has 1 N–H and O–H groups in total. The minimum Gasteiger partial charge on any atom is -0.385 e. The second-order valence-corrected chi connectivity index (χ2v) is 6.41. The molecule has 0 fully saturated rings. The maximum absolute atomic E-state index is 3.61. The van der Waals surface area contributed by atoms with Crippen LogP contribution in [0.25, 0.3) is 0 Å². The van der Waals surface area contributed by atoms with Crippen LogP contribution in [0.4, 0.5) is 5.69 Å². The fraction of sp³-hybridized carbons (Fsp3) is 0.667. The van der Waals surface area contributed by atoms with Crippen LogP contribution in [0, 0.1) is 11.8 Å². The summed E-state index contributed by atoms with van der Waals surface area (Å²) in [6.45, 7) is 10.3. The van der Waals surface area contributed by atoms with Crippen molar-refractivity contribution in [3.63, 3.8) is 0 Å². The number of hydrogen-bond acceptors (Lipinski definition) is 1. The lowest BCUT2D eigenvalue weighted by atomic mass is 10.0. The van der Waals surface area contributed by atoms with E-state index in [1.54, 1.807) is 0 Å². The van der Waals surface area contributed by atoms with E-state index >= 15 is 0 Å². The first-order valence-corrected chi connectivity index (χ1v) is 7.91. The Bertz CT molecular complexity index is 341. The summed E-state index contributed by atoms with van der Waals surface area (Å²) in [6.07, 6.45) is 6.39. The van der Waals surface area contributed by atoms with Crippen molar-refractivity contribution in [1.82, 2.24) is 0 Å². The van der Waals surface area contributed by atoms with Crippen LogP contribution in [0.2, 0.25) is 0 Å². The molecule has 0 aliphatic carbocycles. The molecule has 0 heterocycles. The predicted octanol–water partition coefficient (Wildman–Crippen LogP) is 5.51. The summed E-state index contributed by atoms with van der Waals surface area (Å²) in [5.74, 6) is 1.62. The normalized spacial score (nSPS) is 11.3. The third-order valence-corrected chi connectivity index (χ3v) is 3.52. The van der Waals surface area contributed by atoms with Gasteiger partial charge < -0.3 is 5.32 Å². The molecule has 1 aromatic rings. The van der Waals surface area contributed by atoms with Gasteiger partial charge in [-0.1, -0.05) is 52.3 Å². The van der Waals surface area contributed by atoms with Crippen LogP contribution in [0.1, 0.15) is 58.9 Å². The SMILES string of the molecule is CC(C)CCCNc1ccccc1CCCC(C)C. The van der Waals surface area contributed by atoms with E-state index in [2.05, 4.69) is 57.3 Å². The van der Waals surface area contributed by atoms with Gasteiger partial charge in [0.05, 0.1) is 0 Å². The average Bonchev–Trinajstić information content (AvgIpc) is 2.35. The van der Waals surface area contributed by atoms with Crippen molar-refractivity contribution in [2.45, 2.75) is 59.8 Å². The standard InChI is InChI=1S/C18H31N/c1-15(2)9-7-12-17-11-5-6-13-18(17)19-14-8-10-16(3)4/h5-6,11,13,15-16,19H,7-10,12,14H2,1-4H3. The Morgan fingerprint density at radius 1 is 0.895 bits per heavy atom. The minimum absolute atomic E-state index is 0.808. The first-order valence-electron chi connectivity index (χ1n) is 7.91. The molecule has 108 valence electrons. The molecule has 0 unspecified atom stereocenters. The van der Waals surface area contributed by atoms with Crippen LogP contribution < -0.4 is 5.32 Å². The van der Waals surface area contributed by atoms with Crippen LogP contribution in [-0.4, -0.2) is 6.54 Å². The van der Waals surface area contributed by atoms with E-state index in [0.717, 1.165) is 18.4 Å². The molecule has 0 bridgehead atoms. The summed E-state index contributed by atoms with van der Waals surface area (Å²) < 4.78 is 0. The summed E-state index contributed by atoms with van der Waals surface area (Å²) >= 11 is 0. The smallest absolute Gasteiger partial charge is 0.0372 e. The lowest BCUT2D eigenvalue weighted by molar-refractivity contribution is 0.555. The zero-order valence-electron chi connectivity index (χ0n) is 13.2. The van der Waals surface area contributed by atoms with Crippen LogP contribution >= 0.6 is 0 Å². The van der Waals surface area contributed by atoms with Gasteiger partial charge in [-0.2, -0.15) is 0 Å². The van der Waals surface area contributed by atoms with Gasteiger partial charge in [-0.25, -0.2) is 0 Å². The fourth-order valence-corrected chi connectivity index (χ4v) is 2.34. The van der Waals surface area contributed by atoms with E-state index < -0.39 is 0 Å². The third-order valence-electron chi connectivity index (χ3n) is 3.52. The first kappa shape index (κ1) is 16.1. The van der Waals surface area contributed by atoms with Gasteiger partial charge in [-0.3, -0.25) is 0 Å². The number of para-hydroxylation sites is 1. The second-order valence-electron chi connectivity index (χ2n) is 6.41. The first-order chi connectivity index (χ1) is 9.09. The Labute approximate surface area is 119 Å². The highest BCUT2D eigenvalue weighted by atomic mass is 14.9. The molecule has 19 heavy (non-hydrogen) atoms. The Balaban J connectivity index is 2.39. The van der Waals surface area contributed by atoms with Gasteiger partial charge in [-0.05, 0) is 49.1 Å². The Kier molecular flexibility index (Phi) is 7.62. The second kappa shape index (κ2) is 9.01. The van der Waals surface area contributed by atoms with Crippen molar-refractivity contribution in [3.8, 4) is 0 Å². The van der Waals surface area contributed by atoms with Crippen LogP contribution in [-0.2, 0) is 6.42 Å². The van der Waals surface area contributed by atoms with Crippen molar-refractivity contribution in [2.75, 3.05) is 11.9 Å². The Morgan fingerprint density at radius 2 is 1.53 bits per heavy atom. The van der Waals surface area contributed by atoms with Crippen molar-refractivity contribution in [3.05, 3.63) is 29.8 Å². The Morgan fingerprint density at radius 3 is 2.21 bits per heavy atom. The van der Waals surface area contributed by atoms with Crippen molar-refractivity contribution >= 4 is 5.69 Å². The van der Waals surface area contributed by atoms with Gasteiger partial charge in [0.15, 0.2) is 0 Å². The lowest BCUT2D eigenvalue weighted by Gasteiger charge is -2.13.